The Hall–Kier alpha value is -1.56. The number of hydrazone groups is 1. The van der Waals surface area contributed by atoms with Crippen LogP contribution in [-0.2, 0) is 6.18 Å². The first-order valence-electron chi connectivity index (χ1n) is 7.25. The molecule has 1 aliphatic rings. The van der Waals surface area contributed by atoms with Crippen molar-refractivity contribution in [3.8, 4) is 0 Å². The van der Waals surface area contributed by atoms with Gasteiger partial charge in [0, 0.05) is 13.0 Å². The Morgan fingerprint density at radius 3 is 2.27 bits per heavy atom. The van der Waals surface area contributed by atoms with E-state index in [2.05, 4.69) is 5.10 Å². The molecule has 0 fully saturated rings. The third kappa shape index (κ3) is 4.00. The number of nitrogens with zero attached hydrogens (tertiary/aromatic N) is 2. The Bertz CT molecular complexity index is 544. The maximum absolute atomic E-state index is 12.5. The first-order chi connectivity index (χ1) is 10.1. The summed E-state index contributed by atoms with van der Waals surface area (Å²) in [6.45, 7) is 6.95. The zero-order chi connectivity index (χ0) is 16.5. The summed E-state index contributed by atoms with van der Waals surface area (Å²) < 4.78 is 37.6. The van der Waals surface area contributed by atoms with Crippen LogP contribution in [-0.4, -0.2) is 35.0 Å². The predicted molar refractivity (Wildman–Crippen MR) is 79.6 cm³/mol. The fraction of sp³-hybridized carbons (Fsp3) is 0.562. The number of β-amino-alcohol motifs (C(OH)–C–C–N with tert-alkyl or cyclic N) is 1. The van der Waals surface area contributed by atoms with E-state index in [0.29, 0.717) is 25.1 Å². The summed E-state index contributed by atoms with van der Waals surface area (Å²) in [5, 5.41) is 16.3. The summed E-state index contributed by atoms with van der Waals surface area (Å²) in [6.07, 6.45) is -4.16. The van der Waals surface area contributed by atoms with Crippen LogP contribution in [0.15, 0.2) is 29.4 Å². The van der Waals surface area contributed by atoms with Gasteiger partial charge in [0.05, 0.1) is 23.9 Å². The van der Waals surface area contributed by atoms with Crippen molar-refractivity contribution < 1.29 is 18.3 Å². The number of aliphatic hydroxyl groups is 1. The Labute approximate surface area is 128 Å². The van der Waals surface area contributed by atoms with Gasteiger partial charge in [-0.25, -0.2) is 0 Å². The molecule has 1 aromatic carbocycles. The number of aliphatic hydroxyl groups excluding tert-OH is 1. The van der Waals surface area contributed by atoms with Crippen LogP contribution >= 0.6 is 0 Å². The third-order valence-electron chi connectivity index (χ3n) is 3.80. The molecule has 1 aromatic rings. The van der Waals surface area contributed by atoms with Gasteiger partial charge < -0.3 is 5.11 Å². The van der Waals surface area contributed by atoms with Gasteiger partial charge in [0.25, 0.3) is 0 Å². The second-order valence-electron chi connectivity index (χ2n) is 6.67. The summed E-state index contributed by atoms with van der Waals surface area (Å²) >= 11 is 0. The molecule has 1 atom stereocenters. The van der Waals surface area contributed by atoms with Gasteiger partial charge in [-0.05, 0) is 23.1 Å². The summed E-state index contributed by atoms with van der Waals surface area (Å²) in [5.74, 6) is 0. The van der Waals surface area contributed by atoms with Crippen LogP contribution in [0.1, 0.15) is 38.3 Å². The molecule has 0 radical (unpaired) electrons. The molecule has 0 aromatic heterocycles. The molecule has 122 valence electrons. The molecule has 1 N–H and O–H groups in total. The highest BCUT2D eigenvalue weighted by Gasteiger charge is 2.30. The number of halogens is 3. The molecule has 1 aliphatic heterocycles. The largest absolute Gasteiger partial charge is 0.416 e. The van der Waals surface area contributed by atoms with Crippen molar-refractivity contribution in [1.29, 1.82) is 0 Å². The van der Waals surface area contributed by atoms with E-state index >= 15 is 0 Å². The normalized spacial score (nSPS) is 17.6. The number of hydrogen-bond acceptors (Lipinski definition) is 3. The fourth-order valence-electron chi connectivity index (χ4n) is 2.16. The van der Waals surface area contributed by atoms with Gasteiger partial charge in [0.15, 0.2) is 0 Å². The van der Waals surface area contributed by atoms with E-state index in [9.17, 15) is 18.3 Å². The Morgan fingerprint density at radius 1 is 1.18 bits per heavy atom. The van der Waals surface area contributed by atoms with Crippen molar-refractivity contribution in [3.05, 3.63) is 35.4 Å². The van der Waals surface area contributed by atoms with Crippen LogP contribution in [0.4, 0.5) is 13.2 Å². The Kier molecular flexibility index (Phi) is 4.52. The molecule has 0 amide bonds. The lowest BCUT2D eigenvalue weighted by atomic mass is 9.89. The summed E-state index contributed by atoms with van der Waals surface area (Å²) in [5.41, 5.74) is 0.567. The molecule has 6 heteroatoms. The van der Waals surface area contributed by atoms with Crippen molar-refractivity contribution in [2.24, 2.45) is 10.5 Å². The highest BCUT2D eigenvalue weighted by molar-refractivity contribution is 6.01. The number of benzene rings is 1. The highest BCUT2D eigenvalue weighted by Crippen LogP contribution is 2.29. The lowest BCUT2D eigenvalue weighted by Crippen LogP contribution is -2.36. The number of hydrogen-bond donors (Lipinski definition) is 1. The molecule has 0 spiro atoms. The minimum absolute atomic E-state index is 0.230. The van der Waals surface area contributed by atoms with Gasteiger partial charge in [0.1, 0.15) is 0 Å². The molecule has 2 rings (SSSR count). The maximum Gasteiger partial charge on any atom is 0.416 e. The molecule has 3 nitrogen and oxygen atoms in total. The molecule has 0 unspecified atom stereocenters. The minimum atomic E-state index is -4.32. The van der Waals surface area contributed by atoms with Gasteiger partial charge in [0.2, 0.25) is 0 Å². The Morgan fingerprint density at radius 2 is 1.77 bits per heavy atom. The molecule has 0 saturated heterocycles. The number of rotatable bonds is 3. The molecule has 0 bridgehead atoms. The fourth-order valence-corrected chi connectivity index (χ4v) is 2.16. The lowest BCUT2D eigenvalue weighted by Gasteiger charge is -2.28. The Balaban J connectivity index is 2.06. The molecule has 0 saturated carbocycles. The van der Waals surface area contributed by atoms with Crippen LogP contribution < -0.4 is 0 Å². The van der Waals surface area contributed by atoms with Crippen molar-refractivity contribution in [3.63, 3.8) is 0 Å². The SMILES string of the molecule is CC(C)(C)[C@@H](O)CN1CCC(c2ccc(C(F)(F)F)cc2)=N1. The monoisotopic (exact) mass is 314 g/mol. The smallest absolute Gasteiger partial charge is 0.391 e. The highest BCUT2D eigenvalue weighted by atomic mass is 19.4. The van der Waals surface area contributed by atoms with E-state index < -0.39 is 17.8 Å². The average molecular weight is 314 g/mol. The van der Waals surface area contributed by atoms with Gasteiger partial charge in [-0.1, -0.05) is 32.9 Å². The second kappa shape index (κ2) is 5.91. The first kappa shape index (κ1) is 16.8. The summed E-state index contributed by atoms with van der Waals surface area (Å²) in [6, 6.07) is 5.05. The zero-order valence-corrected chi connectivity index (χ0v) is 13.0. The lowest BCUT2D eigenvalue weighted by molar-refractivity contribution is -0.137. The minimum Gasteiger partial charge on any atom is -0.391 e. The van der Waals surface area contributed by atoms with Crippen LogP contribution in [0.2, 0.25) is 0 Å². The predicted octanol–water partition coefficient (Wildman–Crippen LogP) is 3.52. The molecular weight excluding hydrogens is 293 g/mol. The van der Waals surface area contributed by atoms with Crippen molar-refractivity contribution in [2.45, 2.75) is 39.5 Å². The first-order valence-corrected chi connectivity index (χ1v) is 7.25. The standard InChI is InChI=1S/C16H21F3N2O/c1-15(2,3)14(22)10-21-9-8-13(20-21)11-4-6-12(7-5-11)16(17,18)19/h4-7,14,22H,8-10H2,1-3H3/t14-/m0/s1. The van der Waals surface area contributed by atoms with E-state index in [0.717, 1.165) is 17.8 Å². The topological polar surface area (TPSA) is 35.8 Å². The zero-order valence-electron chi connectivity index (χ0n) is 13.0. The number of alkyl halides is 3. The summed E-state index contributed by atoms with van der Waals surface area (Å²) in [7, 11) is 0. The molecule has 0 aliphatic carbocycles. The average Bonchev–Trinajstić information content (AvgIpc) is 2.85. The third-order valence-corrected chi connectivity index (χ3v) is 3.80. The van der Waals surface area contributed by atoms with E-state index in [1.165, 1.54) is 12.1 Å². The van der Waals surface area contributed by atoms with Crippen molar-refractivity contribution >= 4 is 5.71 Å². The summed E-state index contributed by atoms with van der Waals surface area (Å²) in [4.78, 5) is 0. The molecule has 22 heavy (non-hydrogen) atoms. The van der Waals surface area contributed by atoms with Gasteiger partial charge in [-0.2, -0.15) is 18.3 Å². The maximum atomic E-state index is 12.5. The second-order valence-corrected chi connectivity index (χ2v) is 6.67. The van der Waals surface area contributed by atoms with Crippen molar-refractivity contribution in [1.82, 2.24) is 5.01 Å². The van der Waals surface area contributed by atoms with Crippen LogP contribution in [0.25, 0.3) is 0 Å². The van der Waals surface area contributed by atoms with Gasteiger partial charge >= 0.3 is 6.18 Å². The van der Waals surface area contributed by atoms with Crippen LogP contribution in [0.5, 0.6) is 0 Å². The molecular formula is C16H21F3N2O. The van der Waals surface area contributed by atoms with Gasteiger partial charge in [-0.15, -0.1) is 0 Å². The van der Waals surface area contributed by atoms with Crippen LogP contribution in [0.3, 0.4) is 0 Å². The van der Waals surface area contributed by atoms with E-state index in [4.69, 9.17) is 0 Å². The van der Waals surface area contributed by atoms with E-state index in [1.807, 2.05) is 20.8 Å². The van der Waals surface area contributed by atoms with E-state index in [-0.39, 0.29) is 5.41 Å². The molecule has 1 heterocycles. The van der Waals surface area contributed by atoms with Gasteiger partial charge in [-0.3, -0.25) is 5.01 Å². The van der Waals surface area contributed by atoms with Crippen molar-refractivity contribution in [2.75, 3.05) is 13.1 Å². The van der Waals surface area contributed by atoms with Crippen LogP contribution in [0, 0.1) is 5.41 Å². The quantitative estimate of drug-likeness (QED) is 0.926. The van der Waals surface area contributed by atoms with E-state index in [1.54, 1.807) is 5.01 Å².